The molecule has 3 nitrogen and oxygen atoms in total. The minimum absolute atomic E-state index is 0.199. The summed E-state index contributed by atoms with van der Waals surface area (Å²) in [5, 5.41) is 2.35. The van der Waals surface area contributed by atoms with Gasteiger partial charge < -0.3 is 10.1 Å². The van der Waals surface area contributed by atoms with E-state index >= 15 is 0 Å². The summed E-state index contributed by atoms with van der Waals surface area (Å²) in [4.78, 5) is 12.2. The van der Waals surface area contributed by atoms with Crippen molar-refractivity contribution in [2.24, 2.45) is 0 Å². The molecule has 0 radical (unpaired) electrons. The van der Waals surface area contributed by atoms with Crippen LogP contribution in [0, 0.1) is 23.3 Å². The number of hydrogen-bond acceptors (Lipinski definition) is 2. The number of carbonyl (C=O) groups is 1. The van der Waals surface area contributed by atoms with E-state index < -0.39 is 34.7 Å². The van der Waals surface area contributed by atoms with Crippen molar-refractivity contribution in [3.63, 3.8) is 0 Å². The first kappa shape index (κ1) is 18.8. The van der Waals surface area contributed by atoms with Crippen LogP contribution in [0.5, 0.6) is 5.75 Å². The van der Waals surface area contributed by atoms with Gasteiger partial charge in [0.1, 0.15) is 5.75 Å². The summed E-state index contributed by atoms with van der Waals surface area (Å²) >= 11 is 0. The van der Waals surface area contributed by atoms with Gasteiger partial charge in [-0.1, -0.05) is 26.8 Å². The van der Waals surface area contributed by atoms with Crippen molar-refractivity contribution in [3.05, 3.63) is 58.7 Å². The molecule has 134 valence electrons. The van der Waals surface area contributed by atoms with E-state index in [0.717, 1.165) is 5.56 Å². The standard InChI is InChI=1S/C18H17F4NO2/c1-18(2,3)9-5-6-13(25-4)12(7-9)23-17(24)10-8-11(19)15(21)16(22)14(10)20/h5-8H,1-4H3,(H,23,24). The molecule has 0 saturated carbocycles. The van der Waals surface area contributed by atoms with Crippen LogP contribution in [-0.4, -0.2) is 13.0 Å². The van der Waals surface area contributed by atoms with Crippen LogP contribution >= 0.6 is 0 Å². The van der Waals surface area contributed by atoms with Crippen LogP contribution in [0.3, 0.4) is 0 Å². The molecular weight excluding hydrogens is 338 g/mol. The van der Waals surface area contributed by atoms with Gasteiger partial charge in [0.05, 0.1) is 18.4 Å². The highest BCUT2D eigenvalue weighted by atomic mass is 19.2. The fourth-order valence-electron chi connectivity index (χ4n) is 2.20. The van der Waals surface area contributed by atoms with E-state index in [1.807, 2.05) is 20.8 Å². The molecule has 0 heterocycles. The second kappa shape index (κ2) is 6.74. The zero-order chi connectivity index (χ0) is 18.9. The molecule has 0 unspecified atom stereocenters. The topological polar surface area (TPSA) is 38.3 Å². The molecule has 0 saturated heterocycles. The first-order valence-corrected chi connectivity index (χ1v) is 7.39. The monoisotopic (exact) mass is 355 g/mol. The average molecular weight is 355 g/mol. The molecule has 0 spiro atoms. The van der Waals surface area contributed by atoms with E-state index in [2.05, 4.69) is 5.32 Å². The van der Waals surface area contributed by atoms with Crippen molar-refractivity contribution in [2.45, 2.75) is 26.2 Å². The number of halogens is 4. The maximum Gasteiger partial charge on any atom is 0.258 e. The highest BCUT2D eigenvalue weighted by Gasteiger charge is 2.24. The van der Waals surface area contributed by atoms with Crippen LogP contribution < -0.4 is 10.1 Å². The molecule has 25 heavy (non-hydrogen) atoms. The summed E-state index contributed by atoms with van der Waals surface area (Å²) < 4.78 is 58.5. The van der Waals surface area contributed by atoms with Crippen LogP contribution in [0.4, 0.5) is 23.2 Å². The minimum Gasteiger partial charge on any atom is -0.495 e. The summed E-state index contributed by atoms with van der Waals surface area (Å²) in [7, 11) is 1.37. The lowest BCUT2D eigenvalue weighted by molar-refractivity contribution is 0.102. The third kappa shape index (κ3) is 3.75. The second-order valence-electron chi connectivity index (χ2n) is 6.47. The van der Waals surface area contributed by atoms with Crippen LogP contribution in [0.25, 0.3) is 0 Å². The predicted octanol–water partition coefficient (Wildman–Crippen LogP) is 4.80. The van der Waals surface area contributed by atoms with Gasteiger partial charge in [-0.15, -0.1) is 0 Å². The van der Waals surface area contributed by atoms with E-state index in [9.17, 15) is 22.4 Å². The first-order valence-electron chi connectivity index (χ1n) is 7.39. The molecule has 0 atom stereocenters. The van der Waals surface area contributed by atoms with E-state index in [0.29, 0.717) is 6.07 Å². The normalized spacial score (nSPS) is 11.4. The molecular formula is C18H17F4NO2. The molecule has 0 aromatic heterocycles. The van der Waals surface area contributed by atoms with Gasteiger partial charge in [-0.2, -0.15) is 0 Å². The summed E-state index contributed by atoms with van der Waals surface area (Å²) in [5.41, 5.74) is -0.143. The lowest BCUT2D eigenvalue weighted by atomic mass is 9.87. The number of nitrogens with one attached hydrogen (secondary N) is 1. The Hall–Kier alpha value is -2.57. The third-order valence-corrected chi connectivity index (χ3v) is 3.66. The Kier molecular flexibility index (Phi) is 5.06. The number of amides is 1. The molecule has 1 N–H and O–H groups in total. The fourth-order valence-corrected chi connectivity index (χ4v) is 2.20. The number of carbonyl (C=O) groups excluding carboxylic acids is 1. The molecule has 0 aliphatic heterocycles. The van der Waals surface area contributed by atoms with E-state index in [1.54, 1.807) is 18.2 Å². The Morgan fingerprint density at radius 1 is 1.00 bits per heavy atom. The quantitative estimate of drug-likeness (QED) is 0.488. The maximum atomic E-state index is 13.8. The number of rotatable bonds is 3. The molecule has 0 bridgehead atoms. The van der Waals surface area contributed by atoms with Crippen LogP contribution in [-0.2, 0) is 5.41 Å². The highest BCUT2D eigenvalue weighted by molar-refractivity contribution is 6.05. The smallest absolute Gasteiger partial charge is 0.258 e. The van der Waals surface area contributed by atoms with Gasteiger partial charge in [0.25, 0.3) is 5.91 Å². The van der Waals surface area contributed by atoms with Crippen LogP contribution in [0.2, 0.25) is 0 Å². The van der Waals surface area contributed by atoms with E-state index in [1.165, 1.54) is 7.11 Å². The summed E-state index contributed by atoms with van der Waals surface area (Å²) in [6, 6.07) is 5.33. The molecule has 0 aliphatic rings. The van der Waals surface area contributed by atoms with Crippen LogP contribution in [0.15, 0.2) is 24.3 Å². The molecule has 2 aromatic carbocycles. The molecule has 0 fully saturated rings. The van der Waals surface area contributed by atoms with E-state index in [4.69, 9.17) is 4.74 Å². The second-order valence-corrected chi connectivity index (χ2v) is 6.47. The largest absolute Gasteiger partial charge is 0.495 e. The zero-order valence-corrected chi connectivity index (χ0v) is 14.1. The Morgan fingerprint density at radius 3 is 2.20 bits per heavy atom. The average Bonchev–Trinajstić information content (AvgIpc) is 2.55. The number of benzene rings is 2. The van der Waals surface area contributed by atoms with Gasteiger partial charge >= 0.3 is 0 Å². The maximum absolute atomic E-state index is 13.8. The Bertz CT molecular complexity index is 829. The SMILES string of the molecule is COc1ccc(C(C)(C)C)cc1NC(=O)c1cc(F)c(F)c(F)c1F. The van der Waals surface area contributed by atoms with Crippen molar-refractivity contribution in [1.82, 2.24) is 0 Å². The Balaban J connectivity index is 2.45. The Morgan fingerprint density at radius 2 is 1.64 bits per heavy atom. The minimum atomic E-state index is -2.04. The van der Waals surface area contributed by atoms with Crippen LogP contribution in [0.1, 0.15) is 36.7 Å². The lowest BCUT2D eigenvalue weighted by Gasteiger charge is -2.21. The number of hydrogen-bond donors (Lipinski definition) is 1. The fraction of sp³-hybridized carbons (Fsp3) is 0.278. The van der Waals surface area contributed by atoms with Gasteiger partial charge in [-0.05, 0) is 29.2 Å². The highest BCUT2D eigenvalue weighted by Crippen LogP contribution is 2.32. The van der Waals surface area contributed by atoms with Crippen molar-refractivity contribution in [2.75, 3.05) is 12.4 Å². The zero-order valence-electron chi connectivity index (χ0n) is 14.1. The van der Waals surface area contributed by atoms with Crippen molar-refractivity contribution < 1.29 is 27.1 Å². The summed E-state index contributed by atoms with van der Waals surface area (Å²) in [5.74, 6) is -8.27. The third-order valence-electron chi connectivity index (χ3n) is 3.66. The molecule has 7 heteroatoms. The van der Waals surface area contributed by atoms with Gasteiger partial charge in [-0.3, -0.25) is 4.79 Å². The molecule has 1 amide bonds. The summed E-state index contributed by atoms with van der Waals surface area (Å²) in [6.07, 6.45) is 0. The van der Waals surface area contributed by atoms with E-state index in [-0.39, 0.29) is 16.9 Å². The number of ether oxygens (including phenoxy) is 1. The number of methoxy groups -OCH3 is 1. The van der Waals surface area contributed by atoms with Gasteiger partial charge in [-0.25, -0.2) is 17.6 Å². The van der Waals surface area contributed by atoms with Crippen molar-refractivity contribution in [3.8, 4) is 5.75 Å². The van der Waals surface area contributed by atoms with Gasteiger partial charge in [0, 0.05) is 0 Å². The predicted molar refractivity (Wildman–Crippen MR) is 85.9 cm³/mol. The molecule has 2 rings (SSSR count). The van der Waals surface area contributed by atoms with Crippen molar-refractivity contribution >= 4 is 11.6 Å². The van der Waals surface area contributed by atoms with Gasteiger partial charge in [0.15, 0.2) is 23.3 Å². The molecule has 2 aromatic rings. The lowest BCUT2D eigenvalue weighted by Crippen LogP contribution is -2.18. The van der Waals surface area contributed by atoms with Crippen molar-refractivity contribution in [1.29, 1.82) is 0 Å². The van der Waals surface area contributed by atoms with Gasteiger partial charge in [0.2, 0.25) is 0 Å². The number of anilines is 1. The summed E-state index contributed by atoms with van der Waals surface area (Å²) in [6.45, 7) is 5.85. The first-order chi connectivity index (χ1) is 11.6. The Labute approximate surface area is 142 Å². The molecule has 0 aliphatic carbocycles.